The van der Waals surface area contributed by atoms with Crippen molar-refractivity contribution in [2.45, 2.75) is 0 Å². The maximum Gasteiger partial charge on any atom is 0.584 e. The number of nitrogens with two attached hydrogens (primary N) is 1. The Balaban J connectivity index is 2.13. The van der Waals surface area contributed by atoms with Gasteiger partial charge < -0.3 is 14.8 Å². The van der Waals surface area contributed by atoms with Crippen LogP contribution in [-0.2, 0) is 4.57 Å². The number of benzene rings is 2. The SMILES string of the molecule is Nc1ccccc1OP(=O)(O)Oc1ccccc1. The lowest BCUT2D eigenvalue weighted by atomic mass is 10.3. The lowest BCUT2D eigenvalue weighted by Gasteiger charge is -2.14. The van der Waals surface area contributed by atoms with Gasteiger partial charge in [-0.15, -0.1) is 0 Å². The van der Waals surface area contributed by atoms with Gasteiger partial charge in [0.1, 0.15) is 5.75 Å². The maximum atomic E-state index is 11.8. The van der Waals surface area contributed by atoms with Crippen LogP contribution in [0.4, 0.5) is 5.69 Å². The zero-order valence-electron chi connectivity index (χ0n) is 9.39. The third kappa shape index (κ3) is 3.26. The summed E-state index contributed by atoms with van der Waals surface area (Å²) in [5.41, 5.74) is 5.88. The van der Waals surface area contributed by atoms with Crippen LogP contribution in [0.3, 0.4) is 0 Å². The molecule has 1 unspecified atom stereocenters. The van der Waals surface area contributed by atoms with E-state index in [1.54, 1.807) is 48.5 Å². The van der Waals surface area contributed by atoms with Gasteiger partial charge in [-0.1, -0.05) is 30.3 Å². The second-order valence-electron chi connectivity index (χ2n) is 3.50. The summed E-state index contributed by atoms with van der Waals surface area (Å²) in [6.07, 6.45) is 0. The second-order valence-corrected chi connectivity index (χ2v) is 4.80. The minimum absolute atomic E-state index is 0.110. The summed E-state index contributed by atoms with van der Waals surface area (Å²) in [6.45, 7) is 0. The number of hydrogen-bond donors (Lipinski definition) is 2. The molecule has 0 bridgehead atoms. The van der Waals surface area contributed by atoms with E-state index in [-0.39, 0.29) is 17.2 Å². The Kier molecular flexibility index (Phi) is 3.55. The molecule has 5 nitrogen and oxygen atoms in total. The third-order valence-corrected chi connectivity index (χ3v) is 2.97. The van der Waals surface area contributed by atoms with Crippen LogP contribution in [0.5, 0.6) is 11.5 Å². The number of nitrogen functional groups attached to an aromatic ring is 1. The van der Waals surface area contributed by atoms with Crippen molar-refractivity contribution in [3.05, 3.63) is 54.6 Å². The molecule has 18 heavy (non-hydrogen) atoms. The van der Waals surface area contributed by atoms with Crippen LogP contribution in [0.25, 0.3) is 0 Å². The Labute approximate surface area is 104 Å². The Bertz CT molecular complexity index is 573. The number of para-hydroxylation sites is 3. The van der Waals surface area contributed by atoms with Crippen molar-refractivity contribution in [3.63, 3.8) is 0 Å². The van der Waals surface area contributed by atoms with Crippen molar-refractivity contribution in [3.8, 4) is 11.5 Å². The zero-order valence-corrected chi connectivity index (χ0v) is 10.3. The molecule has 2 rings (SSSR count). The van der Waals surface area contributed by atoms with E-state index >= 15 is 0 Å². The second kappa shape index (κ2) is 5.12. The summed E-state index contributed by atoms with van der Waals surface area (Å²) in [6, 6.07) is 14.7. The first kappa shape index (κ1) is 12.5. The molecule has 2 aromatic carbocycles. The van der Waals surface area contributed by atoms with Crippen molar-refractivity contribution in [2.75, 3.05) is 5.73 Å². The minimum Gasteiger partial charge on any atom is -0.396 e. The molecule has 0 amide bonds. The summed E-state index contributed by atoms with van der Waals surface area (Å²) in [4.78, 5) is 9.60. The van der Waals surface area contributed by atoms with Crippen LogP contribution < -0.4 is 14.8 Å². The van der Waals surface area contributed by atoms with E-state index in [1.165, 1.54) is 6.07 Å². The minimum atomic E-state index is -4.24. The molecular formula is C12H12NO4P. The van der Waals surface area contributed by atoms with Gasteiger partial charge >= 0.3 is 7.82 Å². The van der Waals surface area contributed by atoms with E-state index in [4.69, 9.17) is 14.8 Å². The van der Waals surface area contributed by atoms with E-state index in [0.717, 1.165) is 0 Å². The average Bonchev–Trinajstić information content (AvgIpc) is 2.32. The molecule has 1 atom stereocenters. The fourth-order valence-corrected chi connectivity index (χ4v) is 2.16. The van der Waals surface area contributed by atoms with Gasteiger partial charge in [0.25, 0.3) is 0 Å². The number of phosphoric acid groups is 1. The van der Waals surface area contributed by atoms with Gasteiger partial charge in [-0.25, -0.2) is 4.57 Å². The van der Waals surface area contributed by atoms with Gasteiger partial charge in [0.05, 0.1) is 5.69 Å². The van der Waals surface area contributed by atoms with Crippen molar-refractivity contribution in [1.29, 1.82) is 0 Å². The highest BCUT2D eigenvalue weighted by atomic mass is 31.2. The smallest absolute Gasteiger partial charge is 0.396 e. The molecule has 0 saturated heterocycles. The van der Waals surface area contributed by atoms with E-state index in [2.05, 4.69) is 0 Å². The van der Waals surface area contributed by atoms with Crippen molar-refractivity contribution in [1.82, 2.24) is 0 Å². The highest BCUT2D eigenvalue weighted by Gasteiger charge is 2.25. The summed E-state index contributed by atoms with van der Waals surface area (Å²) < 4.78 is 21.6. The van der Waals surface area contributed by atoms with Crippen molar-refractivity contribution >= 4 is 13.5 Å². The largest absolute Gasteiger partial charge is 0.584 e. The molecule has 0 saturated carbocycles. The normalized spacial score (nSPS) is 13.6. The molecular weight excluding hydrogens is 253 g/mol. The Morgan fingerprint density at radius 3 is 2.22 bits per heavy atom. The molecule has 0 heterocycles. The van der Waals surface area contributed by atoms with Gasteiger partial charge in [0, 0.05) is 0 Å². The maximum absolute atomic E-state index is 11.8. The number of rotatable bonds is 4. The molecule has 0 spiro atoms. The first-order valence-corrected chi connectivity index (χ1v) is 6.68. The summed E-state index contributed by atoms with van der Waals surface area (Å²) in [5.74, 6) is 0.358. The molecule has 6 heteroatoms. The molecule has 94 valence electrons. The standard InChI is InChI=1S/C12H12NO4P/c13-11-8-4-5-9-12(11)17-18(14,15)16-10-6-2-1-3-7-10/h1-9H,13H2,(H,14,15). The zero-order chi connectivity index (χ0) is 13.0. The Hall–Kier alpha value is -1.97. The quantitative estimate of drug-likeness (QED) is 0.656. The highest BCUT2D eigenvalue weighted by Crippen LogP contribution is 2.45. The van der Waals surface area contributed by atoms with Gasteiger partial charge in [0.15, 0.2) is 5.75 Å². The van der Waals surface area contributed by atoms with Crippen LogP contribution in [0, 0.1) is 0 Å². The van der Waals surface area contributed by atoms with Gasteiger partial charge in [-0.3, -0.25) is 4.89 Å². The molecule has 3 N–H and O–H groups in total. The van der Waals surface area contributed by atoms with E-state index < -0.39 is 7.82 Å². The van der Waals surface area contributed by atoms with Crippen molar-refractivity contribution in [2.24, 2.45) is 0 Å². The highest BCUT2D eigenvalue weighted by molar-refractivity contribution is 7.48. The van der Waals surface area contributed by atoms with Crippen LogP contribution in [-0.4, -0.2) is 4.89 Å². The van der Waals surface area contributed by atoms with E-state index in [1.807, 2.05) is 0 Å². The third-order valence-electron chi connectivity index (χ3n) is 2.10. The van der Waals surface area contributed by atoms with E-state index in [9.17, 15) is 9.46 Å². The number of phosphoric ester groups is 1. The first-order chi connectivity index (χ1) is 8.57. The van der Waals surface area contributed by atoms with Crippen molar-refractivity contribution < 1.29 is 18.5 Å². The topological polar surface area (TPSA) is 81.8 Å². The molecule has 0 aliphatic carbocycles. The molecule has 0 aromatic heterocycles. The van der Waals surface area contributed by atoms with Crippen LogP contribution >= 0.6 is 7.82 Å². The van der Waals surface area contributed by atoms with Gasteiger partial charge in [0.2, 0.25) is 0 Å². The molecule has 0 radical (unpaired) electrons. The fraction of sp³-hybridized carbons (Fsp3) is 0. The predicted molar refractivity (Wildman–Crippen MR) is 68.4 cm³/mol. The fourth-order valence-electron chi connectivity index (χ4n) is 1.32. The van der Waals surface area contributed by atoms with Gasteiger partial charge in [-0.2, -0.15) is 0 Å². The Morgan fingerprint density at radius 1 is 0.944 bits per heavy atom. The summed E-state index contributed by atoms with van der Waals surface area (Å²) in [5, 5.41) is 0. The number of hydrogen-bond acceptors (Lipinski definition) is 4. The predicted octanol–water partition coefficient (Wildman–Crippen LogP) is 2.83. The van der Waals surface area contributed by atoms with Crippen LogP contribution in [0.1, 0.15) is 0 Å². The first-order valence-electron chi connectivity index (χ1n) is 5.18. The molecule has 0 aliphatic heterocycles. The average molecular weight is 265 g/mol. The van der Waals surface area contributed by atoms with Crippen LogP contribution in [0.15, 0.2) is 54.6 Å². The van der Waals surface area contributed by atoms with Crippen LogP contribution in [0.2, 0.25) is 0 Å². The lowest BCUT2D eigenvalue weighted by molar-refractivity contribution is 0.291. The molecule has 0 aliphatic rings. The number of anilines is 1. The molecule has 2 aromatic rings. The monoisotopic (exact) mass is 265 g/mol. The van der Waals surface area contributed by atoms with E-state index in [0.29, 0.717) is 0 Å². The summed E-state index contributed by atoms with van der Waals surface area (Å²) >= 11 is 0. The summed E-state index contributed by atoms with van der Waals surface area (Å²) in [7, 11) is -4.24. The lowest BCUT2D eigenvalue weighted by Crippen LogP contribution is -2.01. The Morgan fingerprint density at radius 2 is 1.56 bits per heavy atom. The van der Waals surface area contributed by atoms with Gasteiger partial charge in [-0.05, 0) is 24.3 Å². The molecule has 0 fully saturated rings.